The van der Waals surface area contributed by atoms with Gasteiger partial charge in [0.15, 0.2) is 0 Å². The third kappa shape index (κ3) is 4.65. The summed E-state index contributed by atoms with van der Waals surface area (Å²) < 4.78 is 42.9. The molecule has 1 heterocycles. The van der Waals surface area contributed by atoms with Crippen LogP contribution in [0.2, 0.25) is 0 Å². The summed E-state index contributed by atoms with van der Waals surface area (Å²) in [5.74, 6) is 2.51. The molecule has 1 fully saturated rings. The highest BCUT2D eigenvalue weighted by Crippen LogP contribution is 2.25. The second kappa shape index (κ2) is 7.58. The second-order valence-corrected chi connectivity index (χ2v) is 5.70. The van der Waals surface area contributed by atoms with Crippen molar-refractivity contribution in [3.63, 3.8) is 0 Å². The number of para-hydroxylation sites is 1. The van der Waals surface area contributed by atoms with E-state index in [1.165, 1.54) is 0 Å². The van der Waals surface area contributed by atoms with Crippen LogP contribution in [0.15, 0.2) is 24.3 Å². The van der Waals surface area contributed by atoms with E-state index in [2.05, 4.69) is 5.92 Å². The Hall–Kier alpha value is -2.20. The summed E-state index contributed by atoms with van der Waals surface area (Å²) in [6, 6.07) is 6.69. The summed E-state index contributed by atoms with van der Waals surface area (Å²) >= 11 is 0. The summed E-state index contributed by atoms with van der Waals surface area (Å²) in [5, 5.41) is 0. The normalized spacial score (nSPS) is 18.1. The molecule has 0 bridgehead atoms. The van der Waals surface area contributed by atoms with E-state index in [0.717, 1.165) is 10.5 Å². The van der Waals surface area contributed by atoms with Crippen molar-refractivity contribution in [2.75, 3.05) is 26.7 Å². The van der Waals surface area contributed by atoms with E-state index in [0.29, 0.717) is 18.7 Å². The first-order chi connectivity index (χ1) is 11.3. The number of terminal acetylenes is 1. The average Bonchev–Trinajstić information content (AvgIpc) is 2.85. The Morgan fingerprint density at radius 1 is 1.42 bits per heavy atom. The molecular formula is C17H19F3N2O2. The predicted molar refractivity (Wildman–Crippen MR) is 83.3 cm³/mol. The number of nitrogens with zero attached hydrogens (tertiary/aromatic N) is 2. The molecule has 2 rings (SSSR count). The van der Waals surface area contributed by atoms with Gasteiger partial charge in [0.1, 0.15) is 18.9 Å². The highest BCUT2D eigenvalue weighted by molar-refractivity contribution is 5.84. The molecule has 1 aromatic carbocycles. The minimum Gasteiger partial charge on any atom is -0.481 e. The van der Waals surface area contributed by atoms with E-state index >= 15 is 0 Å². The zero-order valence-electron chi connectivity index (χ0n) is 13.3. The van der Waals surface area contributed by atoms with E-state index in [9.17, 15) is 18.0 Å². The molecule has 0 saturated carbocycles. The third-order valence-corrected chi connectivity index (χ3v) is 3.87. The first kappa shape index (κ1) is 18.1. The molecule has 0 spiro atoms. The Morgan fingerprint density at radius 3 is 2.79 bits per heavy atom. The number of likely N-dealkylation sites (N-methyl/N-ethyl adjacent to an activating group) is 1. The van der Waals surface area contributed by atoms with Gasteiger partial charge in [-0.15, -0.1) is 6.42 Å². The topological polar surface area (TPSA) is 32.8 Å². The quantitative estimate of drug-likeness (QED) is 0.745. The fraction of sp³-hybridized carbons (Fsp3) is 0.471. The number of carbonyl (C=O) groups is 1. The third-order valence-electron chi connectivity index (χ3n) is 3.87. The lowest BCUT2D eigenvalue weighted by atomic mass is 10.1. The van der Waals surface area contributed by atoms with E-state index in [1.807, 2.05) is 12.1 Å². The van der Waals surface area contributed by atoms with Gasteiger partial charge >= 0.3 is 6.18 Å². The molecule has 1 saturated heterocycles. The van der Waals surface area contributed by atoms with Gasteiger partial charge in [-0.3, -0.25) is 9.69 Å². The number of likely N-dealkylation sites (tertiary alicyclic amines) is 1. The number of amides is 1. The molecule has 1 atom stereocenters. The summed E-state index contributed by atoms with van der Waals surface area (Å²) in [7, 11) is 1.72. The Kier molecular flexibility index (Phi) is 5.73. The van der Waals surface area contributed by atoms with Crippen LogP contribution in [0.4, 0.5) is 13.2 Å². The molecule has 7 heteroatoms. The van der Waals surface area contributed by atoms with Crippen LogP contribution < -0.4 is 4.74 Å². The number of hydrogen-bond acceptors (Lipinski definition) is 3. The van der Waals surface area contributed by atoms with Gasteiger partial charge in [-0.05, 0) is 19.5 Å². The van der Waals surface area contributed by atoms with Gasteiger partial charge < -0.3 is 9.64 Å². The maximum atomic E-state index is 12.5. The summed E-state index contributed by atoms with van der Waals surface area (Å²) in [4.78, 5) is 14.8. The van der Waals surface area contributed by atoms with Crippen molar-refractivity contribution in [2.24, 2.45) is 0 Å². The lowest BCUT2D eigenvalue weighted by Gasteiger charge is -2.25. The lowest BCUT2D eigenvalue weighted by molar-refractivity contribution is -0.159. The molecule has 1 aliphatic heterocycles. The Bertz CT molecular complexity index is 625. The molecule has 0 aliphatic carbocycles. The van der Waals surface area contributed by atoms with Crippen LogP contribution in [-0.2, 0) is 11.3 Å². The first-order valence-corrected chi connectivity index (χ1v) is 7.52. The second-order valence-electron chi connectivity index (χ2n) is 5.70. The maximum absolute atomic E-state index is 12.5. The van der Waals surface area contributed by atoms with Crippen molar-refractivity contribution in [3.05, 3.63) is 29.8 Å². The summed E-state index contributed by atoms with van der Waals surface area (Å²) in [5.41, 5.74) is 0.831. The highest BCUT2D eigenvalue weighted by atomic mass is 19.4. The zero-order chi connectivity index (χ0) is 17.7. The van der Waals surface area contributed by atoms with Crippen LogP contribution in [0.25, 0.3) is 0 Å². The maximum Gasteiger partial charge on any atom is 0.406 e. The van der Waals surface area contributed by atoms with Gasteiger partial charge in [-0.1, -0.05) is 24.1 Å². The fourth-order valence-corrected chi connectivity index (χ4v) is 2.78. The van der Waals surface area contributed by atoms with Crippen molar-refractivity contribution in [3.8, 4) is 18.1 Å². The first-order valence-electron chi connectivity index (χ1n) is 7.52. The monoisotopic (exact) mass is 340 g/mol. The average molecular weight is 340 g/mol. The van der Waals surface area contributed by atoms with Crippen LogP contribution in [0.3, 0.4) is 0 Å². The summed E-state index contributed by atoms with van der Waals surface area (Å²) in [6.07, 6.45) is 1.18. The van der Waals surface area contributed by atoms with Crippen molar-refractivity contribution in [1.29, 1.82) is 0 Å². The number of halogens is 3. The van der Waals surface area contributed by atoms with E-state index < -0.39 is 24.7 Å². The standard InChI is InChI=1S/C17H19F3N2O2/c1-3-10-24-15-7-5-4-6-13(15)11-21(2)14-8-9-22(16(14)23)12-17(18,19)20/h1,4-7,14H,8-12H2,2H3/t14-/m1/s1. The van der Waals surface area contributed by atoms with E-state index in [4.69, 9.17) is 11.2 Å². The number of rotatable bonds is 6. The van der Waals surface area contributed by atoms with Gasteiger partial charge in [0.2, 0.25) is 5.91 Å². The van der Waals surface area contributed by atoms with Gasteiger partial charge in [0.05, 0.1) is 6.04 Å². The molecule has 1 amide bonds. The number of benzene rings is 1. The van der Waals surface area contributed by atoms with Gasteiger partial charge in [0, 0.05) is 18.7 Å². The van der Waals surface area contributed by atoms with E-state index in [-0.39, 0.29) is 13.2 Å². The van der Waals surface area contributed by atoms with E-state index in [1.54, 1.807) is 24.1 Å². The molecule has 0 aromatic heterocycles. The van der Waals surface area contributed by atoms with Crippen molar-refractivity contribution in [2.45, 2.75) is 25.2 Å². The number of ether oxygens (including phenoxy) is 1. The molecule has 1 aromatic rings. The zero-order valence-corrected chi connectivity index (χ0v) is 13.3. The smallest absolute Gasteiger partial charge is 0.406 e. The summed E-state index contributed by atoms with van der Waals surface area (Å²) in [6.45, 7) is -0.569. The minimum atomic E-state index is -4.38. The molecule has 4 nitrogen and oxygen atoms in total. The SMILES string of the molecule is C#CCOc1ccccc1CN(C)[C@@H]1CCN(CC(F)(F)F)C1=O. The molecule has 0 unspecified atom stereocenters. The highest BCUT2D eigenvalue weighted by Gasteiger charge is 2.40. The molecule has 0 N–H and O–H groups in total. The van der Waals surface area contributed by atoms with Gasteiger partial charge in [-0.2, -0.15) is 13.2 Å². The lowest BCUT2D eigenvalue weighted by Crippen LogP contribution is -2.42. The largest absolute Gasteiger partial charge is 0.481 e. The van der Waals surface area contributed by atoms with Crippen LogP contribution in [0.5, 0.6) is 5.75 Å². The van der Waals surface area contributed by atoms with Crippen LogP contribution >= 0.6 is 0 Å². The van der Waals surface area contributed by atoms with Gasteiger partial charge in [0.25, 0.3) is 0 Å². The molecular weight excluding hydrogens is 321 g/mol. The van der Waals surface area contributed by atoms with Crippen molar-refractivity contribution >= 4 is 5.91 Å². The molecule has 130 valence electrons. The van der Waals surface area contributed by atoms with Crippen LogP contribution in [0.1, 0.15) is 12.0 Å². The van der Waals surface area contributed by atoms with Crippen LogP contribution in [-0.4, -0.2) is 54.7 Å². The minimum absolute atomic E-state index is 0.114. The molecule has 1 aliphatic rings. The number of carbonyl (C=O) groups excluding carboxylic acids is 1. The molecule has 0 radical (unpaired) electrons. The van der Waals surface area contributed by atoms with Crippen molar-refractivity contribution in [1.82, 2.24) is 9.80 Å². The predicted octanol–water partition coefficient (Wildman–Crippen LogP) is 2.29. The number of alkyl halides is 3. The molecule has 24 heavy (non-hydrogen) atoms. The Morgan fingerprint density at radius 2 is 2.12 bits per heavy atom. The Labute approximate surface area is 139 Å². The Balaban J connectivity index is 2.02. The van der Waals surface area contributed by atoms with Gasteiger partial charge in [-0.25, -0.2) is 0 Å². The van der Waals surface area contributed by atoms with Crippen molar-refractivity contribution < 1.29 is 22.7 Å². The number of hydrogen-bond donors (Lipinski definition) is 0. The van der Waals surface area contributed by atoms with Crippen LogP contribution in [0, 0.1) is 12.3 Å². The fourth-order valence-electron chi connectivity index (χ4n) is 2.78.